The molecule has 0 saturated carbocycles. The van der Waals surface area contributed by atoms with Crippen LogP contribution in [0.1, 0.15) is 239 Å². The van der Waals surface area contributed by atoms with Gasteiger partial charge >= 0.3 is 17.9 Å². The lowest BCUT2D eigenvalue weighted by Gasteiger charge is -2.18. The number of rotatable bonds is 46. The minimum Gasteiger partial charge on any atom is -0.462 e. The van der Waals surface area contributed by atoms with E-state index in [1.165, 1.54) is 83.5 Å². The summed E-state index contributed by atoms with van der Waals surface area (Å²) in [6.45, 7) is 6.42. The van der Waals surface area contributed by atoms with E-state index in [1.54, 1.807) is 0 Å². The summed E-state index contributed by atoms with van der Waals surface area (Å²) in [7, 11) is 0. The Morgan fingerprint density at radius 1 is 0.333 bits per heavy atom. The maximum atomic E-state index is 12.7. The summed E-state index contributed by atoms with van der Waals surface area (Å²) in [6.07, 6.45) is 66.0. The number of carbonyl (C=O) groups excluding carboxylic acids is 3. The van der Waals surface area contributed by atoms with Crippen LogP contribution in [-0.2, 0) is 28.6 Å². The van der Waals surface area contributed by atoms with Gasteiger partial charge in [-0.05, 0) is 96.3 Å². The molecule has 0 fully saturated rings. The second kappa shape index (κ2) is 51.2. The van der Waals surface area contributed by atoms with Gasteiger partial charge in [0, 0.05) is 19.3 Å². The molecule has 0 spiro atoms. The number of hydrogen-bond donors (Lipinski definition) is 0. The van der Waals surface area contributed by atoms with Crippen LogP contribution >= 0.6 is 0 Å². The number of allylic oxidation sites excluding steroid dienone is 14. The van der Waals surface area contributed by atoms with Crippen LogP contribution in [0.15, 0.2) is 85.1 Å². The lowest BCUT2D eigenvalue weighted by Crippen LogP contribution is -2.30. The monoisotopic (exact) mass is 877 g/mol. The SMILES string of the molecule is CC/C=C\C/C=C\C/C=C\C/C=C\C/C=C\C/C=C\CCCCCCCCCCC(=O)OCC(COC(=O)CCCCCCCC)OC(=O)CCCCCCC/C=C\CCCCC. The zero-order valence-electron chi connectivity index (χ0n) is 41.1. The van der Waals surface area contributed by atoms with E-state index in [0.29, 0.717) is 19.3 Å². The Labute approximate surface area is 388 Å². The first kappa shape index (κ1) is 59.6. The molecule has 0 rings (SSSR count). The van der Waals surface area contributed by atoms with Crippen molar-refractivity contribution >= 4 is 17.9 Å². The Morgan fingerprint density at radius 3 is 1.02 bits per heavy atom. The molecule has 0 amide bonds. The topological polar surface area (TPSA) is 78.9 Å². The van der Waals surface area contributed by atoms with Crippen molar-refractivity contribution in [2.75, 3.05) is 13.2 Å². The normalized spacial score (nSPS) is 12.7. The molecule has 0 radical (unpaired) electrons. The van der Waals surface area contributed by atoms with Gasteiger partial charge in [0.1, 0.15) is 13.2 Å². The Kier molecular flexibility index (Phi) is 48.5. The third kappa shape index (κ3) is 49.5. The van der Waals surface area contributed by atoms with Gasteiger partial charge < -0.3 is 14.2 Å². The predicted molar refractivity (Wildman–Crippen MR) is 270 cm³/mol. The molecule has 0 aliphatic carbocycles. The van der Waals surface area contributed by atoms with Crippen LogP contribution in [0, 0.1) is 0 Å². The summed E-state index contributed by atoms with van der Waals surface area (Å²) in [5.41, 5.74) is 0. The van der Waals surface area contributed by atoms with E-state index in [0.717, 1.165) is 116 Å². The van der Waals surface area contributed by atoms with Crippen molar-refractivity contribution in [1.82, 2.24) is 0 Å². The first-order valence-corrected chi connectivity index (χ1v) is 26.1. The van der Waals surface area contributed by atoms with Gasteiger partial charge in [-0.2, -0.15) is 0 Å². The first-order chi connectivity index (χ1) is 31.0. The van der Waals surface area contributed by atoms with Crippen LogP contribution in [0.2, 0.25) is 0 Å². The summed E-state index contributed by atoms with van der Waals surface area (Å²) in [5, 5.41) is 0. The van der Waals surface area contributed by atoms with Gasteiger partial charge in [0.15, 0.2) is 6.10 Å². The molecule has 360 valence electrons. The summed E-state index contributed by atoms with van der Waals surface area (Å²) < 4.78 is 16.7. The minimum absolute atomic E-state index is 0.0823. The van der Waals surface area contributed by atoms with Crippen molar-refractivity contribution in [3.05, 3.63) is 85.1 Å². The third-order valence-corrected chi connectivity index (χ3v) is 10.9. The second-order valence-corrected chi connectivity index (χ2v) is 17.1. The first-order valence-electron chi connectivity index (χ1n) is 26.1. The smallest absolute Gasteiger partial charge is 0.306 e. The van der Waals surface area contributed by atoms with Gasteiger partial charge in [-0.25, -0.2) is 0 Å². The van der Waals surface area contributed by atoms with Crippen molar-refractivity contribution in [2.45, 2.75) is 245 Å². The van der Waals surface area contributed by atoms with Crippen LogP contribution in [0.3, 0.4) is 0 Å². The van der Waals surface area contributed by atoms with Crippen LogP contribution in [-0.4, -0.2) is 37.2 Å². The van der Waals surface area contributed by atoms with Gasteiger partial charge in [-0.3, -0.25) is 14.4 Å². The molecule has 0 saturated heterocycles. The number of carbonyl (C=O) groups is 3. The van der Waals surface area contributed by atoms with Crippen molar-refractivity contribution in [3.63, 3.8) is 0 Å². The Hall–Kier alpha value is -3.41. The molecule has 0 aliphatic rings. The molecule has 0 N–H and O–H groups in total. The Balaban J connectivity index is 4.14. The van der Waals surface area contributed by atoms with Crippen molar-refractivity contribution in [1.29, 1.82) is 0 Å². The van der Waals surface area contributed by atoms with E-state index in [2.05, 4.69) is 106 Å². The van der Waals surface area contributed by atoms with Gasteiger partial charge in [-0.15, -0.1) is 0 Å². The molecular formula is C57H96O6. The molecule has 6 heteroatoms. The summed E-state index contributed by atoms with van der Waals surface area (Å²) >= 11 is 0. The van der Waals surface area contributed by atoms with Gasteiger partial charge in [0.25, 0.3) is 0 Å². The van der Waals surface area contributed by atoms with Crippen molar-refractivity contribution in [2.24, 2.45) is 0 Å². The molecule has 0 aromatic heterocycles. The van der Waals surface area contributed by atoms with E-state index >= 15 is 0 Å². The molecule has 0 aromatic rings. The fourth-order valence-corrected chi connectivity index (χ4v) is 6.97. The van der Waals surface area contributed by atoms with Crippen LogP contribution in [0.4, 0.5) is 0 Å². The molecule has 63 heavy (non-hydrogen) atoms. The number of esters is 3. The van der Waals surface area contributed by atoms with Gasteiger partial charge in [0.05, 0.1) is 0 Å². The number of hydrogen-bond acceptors (Lipinski definition) is 6. The summed E-state index contributed by atoms with van der Waals surface area (Å²) in [5.74, 6) is -0.912. The highest BCUT2D eigenvalue weighted by Gasteiger charge is 2.19. The van der Waals surface area contributed by atoms with E-state index in [4.69, 9.17) is 14.2 Å². The zero-order chi connectivity index (χ0) is 45.8. The molecule has 0 heterocycles. The molecule has 0 aliphatic heterocycles. The van der Waals surface area contributed by atoms with E-state index < -0.39 is 6.10 Å². The Morgan fingerprint density at radius 2 is 0.619 bits per heavy atom. The fraction of sp³-hybridized carbons (Fsp3) is 0.702. The molecule has 0 bridgehead atoms. The average molecular weight is 877 g/mol. The quantitative estimate of drug-likeness (QED) is 0.0262. The number of unbranched alkanes of at least 4 members (excludes halogenated alkanes) is 21. The summed E-state index contributed by atoms with van der Waals surface area (Å²) in [6, 6.07) is 0. The minimum atomic E-state index is -0.779. The molecular weight excluding hydrogens is 781 g/mol. The van der Waals surface area contributed by atoms with Gasteiger partial charge in [-0.1, -0.05) is 209 Å². The highest BCUT2D eigenvalue weighted by Crippen LogP contribution is 2.14. The third-order valence-electron chi connectivity index (χ3n) is 10.9. The van der Waals surface area contributed by atoms with Crippen LogP contribution < -0.4 is 0 Å². The zero-order valence-corrected chi connectivity index (χ0v) is 41.1. The lowest BCUT2D eigenvalue weighted by atomic mass is 10.1. The van der Waals surface area contributed by atoms with Crippen LogP contribution in [0.5, 0.6) is 0 Å². The Bertz CT molecular complexity index is 1240. The lowest BCUT2D eigenvalue weighted by molar-refractivity contribution is -0.167. The summed E-state index contributed by atoms with van der Waals surface area (Å²) in [4.78, 5) is 37.7. The van der Waals surface area contributed by atoms with Crippen molar-refractivity contribution < 1.29 is 28.6 Å². The highest BCUT2D eigenvalue weighted by atomic mass is 16.6. The van der Waals surface area contributed by atoms with Crippen molar-refractivity contribution in [3.8, 4) is 0 Å². The second-order valence-electron chi connectivity index (χ2n) is 17.1. The van der Waals surface area contributed by atoms with E-state index in [-0.39, 0.29) is 31.1 Å². The van der Waals surface area contributed by atoms with E-state index in [1.807, 2.05) is 0 Å². The highest BCUT2D eigenvalue weighted by molar-refractivity contribution is 5.71. The number of ether oxygens (including phenoxy) is 3. The van der Waals surface area contributed by atoms with Crippen LogP contribution in [0.25, 0.3) is 0 Å². The fourth-order valence-electron chi connectivity index (χ4n) is 6.97. The maximum Gasteiger partial charge on any atom is 0.306 e. The average Bonchev–Trinajstić information content (AvgIpc) is 3.28. The molecule has 1 atom stereocenters. The largest absolute Gasteiger partial charge is 0.462 e. The van der Waals surface area contributed by atoms with Gasteiger partial charge in [0.2, 0.25) is 0 Å². The molecule has 0 aromatic carbocycles. The van der Waals surface area contributed by atoms with E-state index in [9.17, 15) is 14.4 Å². The maximum absolute atomic E-state index is 12.7. The standard InChI is InChI=1S/C57H96O6/c1-4-7-10-13-16-18-20-22-23-24-25-26-27-28-29-30-31-32-33-34-35-36-38-39-41-44-47-50-56(59)62-53-54(52-61-55(58)49-46-43-15-12-9-6-3)63-57(60)51-48-45-42-40-37-21-19-17-14-11-8-5-2/h7,10,16-19,22-23,25-26,28-29,31-32,54H,4-6,8-9,11-15,20-21,24,27,30,33-53H2,1-3H3/b10-7-,18-16-,19-17-,23-22-,26-25-,29-28-,32-31-. The predicted octanol–water partition coefficient (Wildman–Crippen LogP) is 17.2. The molecule has 6 nitrogen and oxygen atoms in total. The molecule has 1 unspecified atom stereocenters.